The van der Waals surface area contributed by atoms with E-state index in [2.05, 4.69) is 0 Å². The molecular formula is C24H42OSn2. The zero-order chi connectivity index (χ0) is 20.4. The summed E-state index contributed by atoms with van der Waals surface area (Å²) in [4.78, 5) is 0. The maximum absolute atomic E-state index is 7.52. The maximum atomic E-state index is 7.52. The second-order valence-corrected chi connectivity index (χ2v) is 34.4. The molecule has 0 atom stereocenters. The predicted molar refractivity (Wildman–Crippen MR) is 123 cm³/mol. The van der Waals surface area contributed by atoms with Gasteiger partial charge in [-0.05, 0) is 0 Å². The van der Waals surface area contributed by atoms with Gasteiger partial charge in [0.25, 0.3) is 0 Å². The Morgan fingerprint density at radius 2 is 0.556 bits per heavy atom. The Hall–Kier alpha value is 1.56. The molecule has 0 aromatic rings. The number of unbranched alkanes of at least 4 members (excludes halogenated alkanes) is 6. The van der Waals surface area contributed by atoms with Crippen molar-refractivity contribution >= 4 is 37.6 Å². The summed E-state index contributed by atoms with van der Waals surface area (Å²) >= 11 is -5.65. The van der Waals surface area contributed by atoms with E-state index in [1.807, 2.05) is 0 Å². The molecule has 0 spiro atoms. The van der Waals surface area contributed by atoms with Crippen LogP contribution in [0.5, 0.6) is 0 Å². The van der Waals surface area contributed by atoms with Gasteiger partial charge in [-0.3, -0.25) is 0 Å². The molecule has 3 heteroatoms. The Labute approximate surface area is 183 Å². The van der Waals surface area contributed by atoms with E-state index >= 15 is 0 Å². The first-order chi connectivity index (χ1) is 13.1. The third-order valence-electron chi connectivity index (χ3n) is 5.45. The van der Waals surface area contributed by atoms with Gasteiger partial charge < -0.3 is 0 Å². The summed E-state index contributed by atoms with van der Waals surface area (Å²) in [5, 5.41) is 0. The monoisotopic (exact) mass is 586 g/mol. The third kappa shape index (κ3) is 12.8. The van der Waals surface area contributed by atoms with Gasteiger partial charge in [-0.1, -0.05) is 0 Å². The Morgan fingerprint density at radius 3 is 0.704 bits per heavy atom. The molecule has 0 rings (SSSR count). The predicted octanol–water partition coefficient (Wildman–Crippen LogP) is 7.84. The Kier molecular flexibility index (Phi) is 19.4. The Morgan fingerprint density at radius 1 is 0.370 bits per heavy atom. The van der Waals surface area contributed by atoms with Crippen molar-refractivity contribution in [1.29, 1.82) is 0 Å². The first-order valence-electron chi connectivity index (χ1n) is 11.0. The SMILES string of the molecule is [CH]CC[CH2][Sn]([CH2]CC[CH])([CH2]CC[CH])[O][Sn]([CH2]CC[CH])([CH2]CC[CH])[CH2]CC[CH]. The fraction of sp³-hybridized carbons (Fsp3) is 0.750. The van der Waals surface area contributed by atoms with Crippen LogP contribution in [0, 0.1) is 41.5 Å². The van der Waals surface area contributed by atoms with Gasteiger partial charge in [-0.25, -0.2) is 0 Å². The van der Waals surface area contributed by atoms with Gasteiger partial charge >= 0.3 is 184 Å². The van der Waals surface area contributed by atoms with Crippen LogP contribution in [0.1, 0.15) is 77.0 Å². The van der Waals surface area contributed by atoms with Crippen molar-refractivity contribution < 1.29 is 1.41 Å². The molecule has 0 amide bonds. The minimum absolute atomic E-state index is 0.740. The van der Waals surface area contributed by atoms with Crippen molar-refractivity contribution in [2.45, 2.75) is 104 Å². The molecule has 0 saturated carbocycles. The van der Waals surface area contributed by atoms with E-state index in [0.29, 0.717) is 0 Å². The van der Waals surface area contributed by atoms with Gasteiger partial charge in [0.1, 0.15) is 0 Å². The molecule has 152 valence electrons. The van der Waals surface area contributed by atoms with Gasteiger partial charge in [-0.15, -0.1) is 0 Å². The molecule has 27 heavy (non-hydrogen) atoms. The average Bonchev–Trinajstić information content (AvgIpc) is 2.70. The van der Waals surface area contributed by atoms with E-state index in [1.165, 1.54) is 26.6 Å². The topological polar surface area (TPSA) is 9.23 Å². The number of rotatable bonds is 20. The molecule has 0 aliphatic carbocycles. The van der Waals surface area contributed by atoms with Crippen molar-refractivity contribution in [3.63, 3.8) is 0 Å². The molecule has 0 fully saturated rings. The Balaban J connectivity index is 5.66. The first-order valence-corrected chi connectivity index (χ1v) is 25.4. The van der Waals surface area contributed by atoms with Crippen LogP contribution in [0.15, 0.2) is 0 Å². The molecule has 1 nitrogen and oxygen atoms in total. The summed E-state index contributed by atoms with van der Waals surface area (Å²) in [6.45, 7) is 35.4. The van der Waals surface area contributed by atoms with Gasteiger partial charge in [0.05, 0.1) is 0 Å². The van der Waals surface area contributed by atoms with Gasteiger partial charge in [0.2, 0.25) is 0 Å². The number of hydrogen-bond acceptors (Lipinski definition) is 1. The van der Waals surface area contributed by atoms with Crippen LogP contribution in [0.3, 0.4) is 0 Å². The molecule has 0 aliphatic heterocycles. The van der Waals surface area contributed by atoms with Gasteiger partial charge in [0, 0.05) is 0 Å². The minimum atomic E-state index is -2.82. The first kappa shape index (κ1) is 28.6. The summed E-state index contributed by atoms with van der Waals surface area (Å²) < 4.78 is 14.8. The van der Waals surface area contributed by atoms with Crippen LogP contribution in [-0.4, -0.2) is 37.6 Å². The van der Waals surface area contributed by atoms with Crippen molar-refractivity contribution in [3.05, 3.63) is 41.5 Å². The molecule has 0 saturated heterocycles. The van der Waals surface area contributed by atoms with Gasteiger partial charge in [-0.2, -0.15) is 0 Å². The average molecular weight is 584 g/mol. The molecule has 0 unspecified atom stereocenters. The number of hydrogen-bond donors (Lipinski definition) is 0. The van der Waals surface area contributed by atoms with E-state index < -0.39 is 37.6 Å². The van der Waals surface area contributed by atoms with E-state index in [4.69, 9.17) is 43.0 Å². The molecule has 0 aliphatic rings. The third-order valence-corrected chi connectivity index (χ3v) is 46.2. The van der Waals surface area contributed by atoms with E-state index in [-0.39, 0.29) is 0 Å². The van der Waals surface area contributed by atoms with Crippen LogP contribution in [0.25, 0.3) is 0 Å². The van der Waals surface area contributed by atoms with Crippen LogP contribution in [-0.2, 0) is 1.41 Å². The standard InChI is InChI=1S/6C4H7.O.2Sn/c6*1-3-4-2;;;/h6*1H,2-4H2;;;. The fourth-order valence-electron chi connectivity index (χ4n) is 4.06. The summed E-state index contributed by atoms with van der Waals surface area (Å²) in [5.74, 6) is 0. The van der Waals surface area contributed by atoms with Crippen LogP contribution >= 0.6 is 0 Å². The molecular weight excluding hydrogens is 542 g/mol. The molecule has 12 radical (unpaired) electrons. The van der Waals surface area contributed by atoms with Crippen LogP contribution < -0.4 is 0 Å². The van der Waals surface area contributed by atoms with E-state index in [0.717, 1.165) is 77.0 Å². The second-order valence-electron chi connectivity index (χ2n) is 7.82. The van der Waals surface area contributed by atoms with Crippen molar-refractivity contribution in [3.8, 4) is 0 Å². The van der Waals surface area contributed by atoms with Crippen molar-refractivity contribution in [2.75, 3.05) is 0 Å². The zero-order valence-corrected chi connectivity index (χ0v) is 23.3. The second kappa shape index (κ2) is 18.3. The van der Waals surface area contributed by atoms with Crippen LogP contribution in [0.2, 0.25) is 26.6 Å². The Bertz CT molecular complexity index is 246. The molecule has 0 bridgehead atoms. The summed E-state index contributed by atoms with van der Waals surface area (Å²) in [6.07, 6.45) is 10.8. The van der Waals surface area contributed by atoms with Crippen molar-refractivity contribution in [2.24, 2.45) is 0 Å². The van der Waals surface area contributed by atoms with E-state index in [9.17, 15) is 0 Å². The zero-order valence-electron chi connectivity index (χ0n) is 17.6. The fourth-order valence-corrected chi connectivity index (χ4v) is 56.6. The molecule has 0 heterocycles. The summed E-state index contributed by atoms with van der Waals surface area (Å²) in [5.41, 5.74) is 0. The normalized spacial score (nSPS) is 12.7. The van der Waals surface area contributed by atoms with Crippen LogP contribution in [0.4, 0.5) is 0 Å². The molecule has 0 N–H and O–H groups in total. The van der Waals surface area contributed by atoms with Crippen molar-refractivity contribution in [1.82, 2.24) is 0 Å². The summed E-state index contributed by atoms with van der Waals surface area (Å²) in [6, 6.07) is 0. The van der Waals surface area contributed by atoms with Gasteiger partial charge in [0.15, 0.2) is 0 Å². The molecule has 0 aromatic carbocycles. The quantitative estimate of drug-likeness (QED) is 0.133. The summed E-state index contributed by atoms with van der Waals surface area (Å²) in [7, 11) is 0. The van der Waals surface area contributed by atoms with E-state index in [1.54, 1.807) is 0 Å². The molecule has 0 aromatic heterocycles.